The third kappa shape index (κ3) is 5.21. The molecule has 16 heavy (non-hydrogen) atoms. The molecule has 1 fully saturated rings. The Morgan fingerprint density at radius 3 is 2.88 bits per heavy atom. The van der Waals surface area contributed by atoms with Crippen molar-refractivity contribution in [3.8, 4) is 0 Å². The Hall–Kier alpha value is -0.220. The summed E-state index contributed by atoms with van der Waals surface area (Å²) < 4.78 is 0. The molecule has 3 unspecified atom stereocenters. The third-order valence-corrected chi connectivity index (χ3v) is 4.36. The average molecular weight is 244 g/mol. The molecule has 3 nitrogen and oxygen atoms in total. The summed E-state index contributed by atoms with van der Waals surface area (Å²) in [5, 5.41) is 7.20. The number of carbonyl (C=O) groups excluding carboxylic acids is 1. The smallest absolute Gasteiger partial charge is 0.221 e. The molecule has 0 aromatic rings. The first-order valence-corrected chi connectivity index (χ1v) is 7.31. The van der Waals surface area contributed by atoms with E-state index in [4.69, 9.17) is 0 Å². The van der Waals surface area contributed by atoms with Crippen LogP contribution in [-0.4, -0.2) is 35.5 Å². The second-order valence-electron chi connectivity index (χ2n) is 4.66. The van der Waals surface area contributed by atoms with Gasteiger partial charge in [-0.05, 0) is 19.8 Å². The van der Waals surface area contributed by atoms with Crippen molar-refractivity contribution in [2.24, 2.45) is 0 Å². The van der Waals surface area contributed by atoms with Crippen LogP contribution in [0, 0.1) is 0 Å². The average Bonchev–Trinajstić information content (AvgIpc) is 2.64. The summed E-state index contributed by atoms with van der Waals surface area (Å²) in [5.41, 5.74) is 0. The molecular weight excluding hydrogens is 220 g/mol. The number of amides is 1. The lowest BCUT2D eigenvalue weighted by atomic mass is 10.2. The van der Waals surface area contributed by atoms with Crippen molar-refractivity contribution >= 4 is 17.7 Å². The van der Waals surface area contributed by atoms with E-state index in [1.54, 1.807) is 0 Å². The van der Waals surface area contributed by atoms with Gasteiger partial charge in [-0.15, -0.1) is 0 Å². The minimum absolute atomic E-state index is 0.167. The minimum atomic E-state index is 0.167. The third-order valence-electron chi connectivity index (χ3n) is 3.00. The lowest BCUT2D eigenvalue weighted by molar-refractivity contribution is -0.121. The van der Waals surface area contributed by atoms with E-state index in [1.165, 1.54) is 12.2 Å². The highest BCUT2D eigenvalue weighted by Gasteiger charge is 2.21. The molecule has 1 heterocycles. The van der Waals surface area contributed by atoms with Crippen molar-refractivity contribution in [3.05, 3.63) is 0 Å². The van der Waals surface area contributed by atoms with Gasteiger partial charge >= 0.3 is 0 Å². The van der Waals surface area contributed by atoms with Crippen LogP contribution in [0.4, 0.5) is 0 Å². The molecule has 0 spiro atoms. The van der Waals surface area contributed by atoms with Gasteiger partial charge < -0.3 is 10.6 Å². The van der Waals surface area contributed by atoms with Crippen LogP contribution in [0.2, 0.25) is 0 Å². The van der Waals surface area contributed by atoms with E-state index in [0.29, 0.717) is 18.5 Å². The Kier molecular flexibility index (Phi) is 6.21. The van der Waals surface area contributed by atoms with E-state index < -0.39 is 0 Å². The van der Waals surface area contributed by atoms with Gasteiger partial charge in [0.05, 0.1) is 0 Å². The van der Waals surface area contributed by atoms with Crippen LogP contribution in [0.1, 0.15) is 40.0 Å². The number of thioether (sulfide) groups is 1. The normalized spacial score (nSPS) is 26.7. The van der Waals surface area contributed by atoms with Gasteiger partial charge in [0, 0.05) is 36.1 Å². The van der Waals surface area contributed by atoms with Crippen LogP contribution < -0.4 is 10.6 Å². The number of hydrogen-bond acceptors (Lipinski definition) is 3. The Balaban J connectivity index is 2.04. The largest absolute Gasteiger partial charge is 0.354 e. The molecule has 1 aliphatic heterocycles. The molecule has 3 atom stereocenters. The Labute approximate surface area is 103 Å². The second-order valence-corrected chi connectivity index (χ2v) is 6.13. The van der Waals surface area contributed by atoms with Gasteiger partial charge in [-0.3, -0.25) is 4.79 Å². The fourth-order valence-corrected chi connectivity index (χ4v) is 2.98. The van der Waals surface area contributed by atoms with Crippen molar-refractivity contribution in [3.63, 3.8) is 0 Å². The van der Waals surface area contributed by atoms with Crippen molar-refractivity contribution in [2.45, 2.75) is 57.4 Å². The molecule has 1 saturated heterocycles. The molecule has 2 N–H and O–H groups in total. The Bertz CT molecular complexity index is 223. The molecule has 0 radical (unpaired) electrons. The van der Waals surface area contributed by atoms with E-state index >= 15 is 0 Å². The Morgan fingerprint density at radius 2 is 2.31 bits per heavy atom. The van der Waals surface area contributed by atoms with Gasteiger partial charge in [-0.1, -0.05) is 13.8 Å². The summed E-state index contributed by atoms with van der Waals surface area (Å²) in [4.78, 5) is 11.5. The number of nitrogens with one attached hydrogen (secondary N) is 2. The zero-order chi connectivity index (χ0) is 12.0. The number of hydrogen-bond donors (Lipinski definition) is 2. The predicted octanol–water partition coefficient (Wildman–Crippen LogP) is 1.77. The molecule has 0 aliphatic carbocycles. The maximum Gasteiger partial charge on any atom is 0.221 e. The molecular formula is C12H24N2OS. The van der Waals surface area contributed by atoms with Gasteiger partial charge in [0.15, 0.2) is 0 Å². The van der Waals surface area contributed by atoms with Crippen LogP contribution in [0.5, 0.6) is 0 Å². The molecule has 1 amide bonds. The topological polar surface area (TPSA) is 41.1 Å². The maximum absolute atomic E-state index is 11.5. The van der Waals surface area contributed by atoms with Gasteiger partial charge in [0.1, 0.15) is 0 Å². The molecule has 0 aromatic carbocycles. The zero-order valence-electron chi connectivity index (χ0n) is 10.6. The lowest BCUT2D eigenvalue weighted by Gasteiger charge is -2.13. The highest BCUT2D eigenvalue weighted by atomic mass is 32.2. The molecule has 0 aromatic heterocycles. The second kappa shape index (κ2) is 7.17. The molecule has 94 valence electrons. The molecule has 0 saturated carbocycles. The van der Waals surface area contributed by atoms with Crippen LogP contribution in [0.25, 0.3) is 0 Å². The summed E-state index contributed by atoms with van der Waals surface area (Å²) in [6.45, 7) is 7.20. The van der Waals surface area contributed by atoms with Crippen LogP contribution in [-0.2, 0) is 4.79 Å². The quantitative estimate of drug-likeness (QED) is 0.748. The fourth-order valence-electron chi connectivity index (χ4n) is 1.80. The van der Waals surface area contributed by atoms with E-state index in [-0.39, 0.29) is 5.91 Å². The van der Waals surface area contributed by atoms with Crippen molar-refractivity contribution in [1.29, 1.82) is 0 Å². The summed E-state index contributed by atoms with van der Waals surface area (Å²) in [7, 11) is 0. The molecule has 1 rings (SSSR count). The first-order valence-electron chi connectivity index (χ1n) is 6.26. The Morgan fingerprint density at radius 1 is 1.56 bits per heavy atom. The SMILES string of the molecule is CCC(C)NC(=O)CCNC1CSC(C)C1. The predicted molar refractivity (Wildman–Crippen MR) is 70.8 cm³/mol. The summed E-state index contributed by atoms with van der Waals surface area (Å²) in [5.74, 6) is 1.36. The van der Waals surface area contributed by atoms with Gasteiger partial charge in [-0.2, -0.15) is 11.8 Å². The molecule has 1 aliphatic rings. The van der Waals surface area contributed by atoms with Crippen LogP contribution in [0.15, 0.2) is 0 Å². The van der Waals surface area contributed by atoms with E-state index in [0.717, 1.165) is 18.2 Å². The van der Waals surface area contributed by atoms with Gasteiger partial charge in [0.2, 0.25) is 5.91 Å². The summed E-state index contributed by atoms with van der Waals surface area (Å²) in [6, 6.07) is 0.908. The highest BCUT2D eigenvalue weighted by molar-refractivity contribution is 8.00. The standard InChI is InChI=1S/C12H24N2OS/c1-4-9(2)14-12(15)5-6-13-11-7-10(3)16-8-11/h9-11,13H,4-8H2,1-3H3,(H,14,15). The highest BCUT2D eigenvalue weighted by Crippen LogP contribution is 2.25. The van der Waals surface area contributed by atoms with E-state index in [9.17, 15) is 4.79 Å². The van der Waals surface area contributed by atoms with Crippen molar-refractivity contribution < 1.29 is 4.79 Å². The summed E-state index contributed by atoms with van der Waals surface area (Å²) in [6.07, 6.45) is 2.83. The number of carbonyl (C=O) groups is 1. The maximum atomic E-state index is 11.5. The van der Waals surface area contributed by atoms with Gasteiger partial charge in [0.25, 0.3) is 0 Å². The molecule has 0 bridgehead atoms. The first-order chi connectivity index (χ1) is 7.61. The lowest BCUT2D eigenvalue weighted by Crippen LogP contribution is -2.36. The first kappa shape index (κ1) is 13.8. The monoisotopic (exact) mass is 244 g/mol. The van der Waals surface area contributed by atoms with Gasteiger partial charge in [-0.25, -0.2) is 0 Å². The summed E-state index contributed by atoms with van der Waals surface area (Å²) >= 11 is 2.02. The van der Waals surface area contributed by atoms with Crippen molar-refractivity contribution in [1.82, 2.24) is 10.6 Å². The van der Waals surface area contributed by atoms with E-state index in [2.05, 4.69) is 24.5 Å². The zero-order valence-corrected chi connectivity index (χ0v) is 11.4. The van der Waals surface area contributed by atoms with Crippen molar-refractivity contribution in [2.75, 3.05) is 12.3 Å². The molecule has 4 heteroatoms. The van der Waals surface area contributed by atoms with Crippen LogP contribution in [0.3, 0.4) is 0 Å². The minimum Gasteiger partial charge on any atom is -0.354 e. The number of rotatable bonds is 6. The van der Waals surface area contributed by atoms with Crippen LogP contribution >= 0.6 is 11.8 Å². The van der Waals surface area contributed by atoms with E-state index in [1.807, 2.05) is 18.7 Å². The fraction of sp³-hybridized carbons (Fsp3) is 0.917.